The first-order valence-corrected chi connectivity index (χ1v) is 7.89. The van der Waals surface area contributed by atoms with E-state index in [-0.39, 0.29) is 6.04 Å². The third kappa shape index (κ3) is 2.82. The summed E-state index contributed by atoms with van der Waals surface area (Å²) in [6.45, 7) is 2.18. The average Bonchev–Trinajstić information content (AvgIpc) is 2.86. The third-order valence-corrected chi connectivity index (χ3v) is 4.58. The predicted molar refractivity (Wildman–Crippen MR) is 88.0 cm³/mol. The van der Waals surface area contributed by atoms with Crippen LogP contribution in [0.15, 0.2) is 58.4 Å². The number of hydrogen-bond acceptors (Lipinski definition) is 2. The molecule has 0 fully saturated rings. The highest BCUT2D eigenvalue weighted by atomic mass is 79.9. The molecule has 2 aromatic carbocycles. The molecule has 1 atom stereocenters. The second-order valence-electron chi connectivity index (χ2n) is 4.59. The van der Waals surface area contributed by atoms with Crippen molar-refractivity contribution in [2.45, 2.75) is 13.0 Å². The van der Waals surface area contributed by atoms with Crippen LogP contribution in [0.3, 0.4) is 0 Å². The van der Waals surface area contributed by atoms with Gasteiger partial charge in [-0.25, -0.2) is 0 Å². The summed E-state index contributed by atoms with van der Waals surface area (Å²) in [5.41, 5.74) is 2.44. The first-order chi connectivity index (χ1) is 9.22. The van der Waals surface area contributed by atoms with Gasteiger partial charge in [0.05, 0.1) is 0 Å². The Morgan fingerprint density at radius 2 is 2.00 bits per heavy atom. The number of nitrogens with one attached hydrogen (secondary N) is 1. The van der Waals surface area contributed by atoms with Gasteiger partial charge in [-0.3, -0.25) is 0 Å². The molecule has 3 heteroatoms. The van der Waals surface area contributed by atoms with Crippen molar-refractivity contribution in [1.82, 2.24) is 0 Å². The molecular formula is C16H14BrNS. The standard InChI is InChI=1S/C16H14BrNS/c1-11(12-3-2-4-14(17)9-12)18-15-5-6-16-13(10-15)7-8-19-16/h2-11,18H,1H3. The van der Waals surface area contributed by atoms with E-state index in [1.54, 1.807) is 11.3 Å². The molecule has 0 saturated heterocycles. The van der Waals surface area contributed by atoms with E-state index in [0.29, 0.717) is 0 Å². The predicted octanol–water partition coefficient (Wildman–Crippen LogP) is 5.84. The molecular weight excluding hydrogens is 318 g/mol. The van der Waals surface area contributed by atoms with Gasteiger partial charge in [0.2, 0.25) is 0 Å². The molecule has 3 rings (SSSR count). The molecule has 3 aromatic rings. The Bertz CT molecular complexity index is 705. The summed E-state index contributed by atoms with van der Waals surface area (Å²) in [5.74, 6) is 0. The van der Waals surface area contributed by atoms with Crippen molar-refractivity contribution in [3.63, 3.8) is 0 Å². The summed E-state index contributed by atoms with van der Waals surface area (Å²) in [6, 6.07) is 17.4. The van der Waals surface area contributed by atoms with Crippen LogP contribution in [-0.2, 0) is 0 Å². The fourth-order valence-electron chi connectivity index (χ4n) is 2.17. The Morgan fingerprint density at radius 3 is 2.84 bits per heavy atom. The van der Waals surface area contributed by atoms with Crippen molar-refractivity contribution in [3.8, 4) is 0 Å². The van der Waals surface area contributed by atoms with E-state index >= 15 is 0 Å². The first-order valence-electron chi connectivity index (χ1n) is 6.21. The normalized spacial score (nSPS) is 12.5. The number of anilines is 1. The zero-order valence-corrected chi connectivity index (χ0v) is 13.0. The van der Waals surface area contributed by atoms with E-state index in [0.717, 1.165) is 4.47 Å². The van der Waals surface area contributed by atoms with E-state index in [1.165, 1.54) is 21.3 Å². The molecule has 0 aliphatic carbocycles. The molecule has 0 aliphatic rings. The molecule has 19 heavy (non-hydrogen) atoms. The lowest BCUT2D eigenvalue weighted by Crippen LogP contribution is -2.06. The van der Waals surface area contributed by atoms with Crippen LogP contribution in [0.1, 0.15) is 18.5 Å². The summed E-state index contributed by atoms with van der Waals surface area (Å²) in [7, 11) is 0. The molecule has 0 saturated carbocycles. The number of rotatable bonds is 3. The highest BCUT2D eigenvalue weighted by Gasteiger charge is 2.06. The fraction of sp³-hybridized carbons (Fsp3) is 0.125. The van der Waals surface area contributed by atoms with E-state index in [9.17, 15) is 0 Å². The van der Waals surface area contributed by atoms with Crippen LogP contribution in [0.5, 0.6) is 0 Å². The van der Waals surface area contributed by atoms with Crippen LogP contribution in [-0.4, -0.2) is 0 Å². The van der Waals surface area contributed by atoms with Crippen LogP contribution < -0.4 is 5.32 Å². The Labute approximate surface area is 125 Å². The van der Waals surface area contributed by atoms with Crippen LogP contribution in [0, 0.1) is 0 Å². The molecule has 1 N–H and O–H groups in total. The maximum atomic E-state index is 3.55. The van der Waals surface area contributed by atoms with Crippen LogP contribution in [0.4, 0.5) is 5.69 Å². The van der Waals surface area contributed by atoms with Gasteiger partial charge in [-0.2, -0.15) is 0 Å². The van der Waals surface area contributed by atoms with Crippen molar-refractivity contribution in [1.29, 1.82) is 0 Å². The van der Waals surface area contributed by atoms with Gasteiger partial charge in [-0.15, -0.1) is 11.3 Å². The lowest BCUT2D eigenvalue weighted by Gasteiger charge is -2.16. The second kappa shape index (κ2) is 5.35. The average molecular weight is 332 g/mol. The molecule has 0 amide bonds. The van der Waals surface area contributed by atoms with Crippen molar-refractivity contribution >= 4 is 43.0 Å². The van der Waals surface area contributed by atoms with Crippen molar-refractivity contribution < 1.29 is 0 Å². The van der Waals surface area contributed by atoms with Gasteiger partial charge in [0.25, 0.3) is 0 Å². The van der Waals surface area contributed by atoms with Gasteiger partial charge >= 0.3 is 0 Å². The quantitative estimate of drug-likeness (QED) is 0.635. The minimum absolute atomic E-state index is 0.286. The molecule has 1 unspecified atom stereocenters. The van der Waals surface area contributed by atoms with Crippen LogP contribution >= 0.6 is 27.3 Å². The zero-order valence-electron chi connectivity index (χ0n) is 10.6. The van der Waals surface area contributed by atoms with Gasteiger partial charge in [-0.1, -0.05) is 28.1 Å². The monoisotopic (exact) mass is 331 g/mol. The van der Waals surface area contributed by atoms with E-state index in [4.69, 9.17) is 0 Å². The Hall–Kier alpha value is -1.32. The zero-order chi connectivity index (χ0) is 13.2. The summed E-state index contributed by atoms with van der Waals surface area (Å²) in [4.78, 5) is 0. The van der Waals surface area contributed by atoms with Crippen molar-refractivity contribution in [3.05, 3.63) is 63.9 Å². The summed E-state index contributed by atoms with van der Waals surface area (Å²) >= 11 is 5.30. The maximum Gasteiger partial charge on any atom is 0.0486 e. The molecule has 1 heterocycles. The van der Waals surface area contributed by atoms with Gasteiger partial charge in [0.15, 0.2) is 0 Å². The third-order valence-electron chi connectivity index (χ3n) is 3.18. The lowest BCUT2D eigenvalue weighted by atomic mass is 10.1. The van der Waals surface area contributed by atoms with Gasteiger partial charge in [0.1, 0.15) is 0 Å². The van der Waals surface area contributed by atoms with E-state index in [2.05, 4.69) is 76.0 Å². The van der Waals surface area contributed by atoms with Gasteiger partial charge < -0.3 is 5.32 Å². The molecule has 0 spiro atoms. The van der Waals surface area contributed by atoms with E-state index in [1.807, 2.05) is 6.07 Å². The molecule has 1 aromatic heterocycles. The van der Waals surface area contributed by atoms with Crippen molar-refractivity contribution in [2.24, 2.45) is 0 Å². The summed E-state index contributed by atoms with van der Waals surface area (Å²) in [5, 5.41) is 6.98. The lowest BCUT2D eigenvalue weighted by molar-refractivity contribution is 0.884. The van der Waals surface area contributed by atoms with Crippen LogP contribution in [0.25, 0.3) is 10.1 Å². The molecule has 0 aliphatic heterocycles. The summed E-state index contributed by atoms with van der Waals surface area (Å²) < 4.78 is 2.45. The Morgan fingerprint density at radius 1 is 1.11 bits per heavy atom. The SMILES string of the molecule is CC(Nc1ccc2sccc2c1)c1cccc(Br)c1. The number of halogens is 1. The number of fused-ring (bicyclic) bond motifs is 1. The molecule has 0 bridgehead atoms. The molecule has 0 radical (unpaired) electrons. The largest absolute Gasteiger partial charge is 0.379 e. The number of thiophene rings is 1. The smallest absolute Gasteiger partial charge is 0.0486 e. The van der Waals surface area contributed by atoms with Crippen LogP contribution in [0.2, 0.25) is 0 Å². The van der Waals surface area contributed by atoms with Crippen molar-refractivity contribution in [2.75, 3.05) is 5.32 Å². The van der Waals surface area contributed by atoms with Gasteiger partial charge in [-0.05, 0) is 59.7 Å². The van der Waals surface area contributed by atoms with E-state index < -0.39 is 0 Å². The first kappa shape index (κ1) is 12.7. The topological polar surface area (TPSA) is 12.0 Å². The molecule has 96 valence electrons. The Balaban J connectivity index is 1.83. The summed E-state index contributed by atoms with van der Waals surface area (Å²) in [6.07, 6.45) is 0. The highest BCUT2D eigenvalue weighted by molar-refractivity contribution is 9.10. The molecule has 1 nitrogen and oxygen atoms in total. The number of hydrogen-bond donors (Lipinski definition) is 1. The Kier molecular flexibility index (Phi) is 3.58. The maximum absolute atomic E-state index is 3.55. The van der Waals surface area contributed by atoms with Gasteiger partial charge in [0, 0.05) is 20.9 Å². The number of benzene rings is 2. The minimum atomic E-state index is 0.286. The minimum Gasteiger partial charge on any atom is -0.379 e. The fourth-order valence-corrected chi connectivity index (χ4v) is 3.35. The highest BCUT2D eigenvalue weighted by Crippen LogP contribution is 2.27. The second-order valence-corrected chi connectivity index (χ2v) is 6.46.